The van der Waals surface area contributed by atoms with E-state index in [1.165, 1.54) is 32.1 Å². The van der Waals surface area contributed by atoms with Gasteiger partial charge in [-0.15, -0.1) is 0 Å². The predicted molar refractivity (Wildman–Crippen MR) is 94.3 cm³/mol. The fraction of sp³-hybridized carbons (Fsp3) is 0.789. The molecule has 3 aliphatic heterocycles. The number of hydrazone groups is 1. The van der Waals surface area contributed by atoms with E-state index in [1.54, 1.807) is 0 Å². The van der Waals surface area contributed by atoms with Crippen LogP contribution >= 0.6 is 0 Å². The van der Waals surface area contributed by atoms with Crippen LogP contribution in [0.2, 0.25) is 0 Å². The summed E-state index contributed by atoms with van der Waals surface area (Å²) >= 11 is 0. The van der Waals surface area contributed by atoms with Crippen molar-refractivity contribution in [3.8, 4) is 0 Å². The van der Waals surface area contributed by atoms with Gasteiger partial charge in [0.05, 0.1) is 12.6 Å². The SMILES string of the molecule is CC1=C(C)N2C(C3(C4CC4)CC3)=NNC2C(=O)N1C[C@H]1CCCCO1. The van der Waals surface area contributed by atoms with E-state index in [0.29, 0.717) is 6.54 Å². The summed E-state index contributed by atoms with van der Waals surface area (Å²) in [7, 11) is 0. The molecule has 0 aromatic carbocycles. The second-order valence-electron chi connectivity index (χ2n) is 8.38. The van der Waals surface area contributed by atoms with E-state index >= 15 is 0 Å². The van der Waals surface area contributed by atoms with Crippen molar-refractivity contribution in [3.63, 3.8) is 0 Å². The summed E-state index contributed by atoms with van der Waals surface area (Å²) in [6.45, 7) is 5.68. The van der Waals surface area contributed by atoms with Gasteiger partial charge in [0.2, 0.25) is 6.17 Å². The molecule has 6 nitrogen and oxygen atoms in total. The van der Waals surface area contributed by atoms with E-state index < -0.39 is 0 Å². The molecule has 0 aromatic rings. The topological polar surface area (TPSA) is 57.2 Å². The molecule has 0 spiro atoms. The maximum atomic E-state index is 13.2. The summed E-state index contributed by atoms with van der Waals surface area (Å²) in [6, 6.07) is 0. The van der Waals surface area contributed by atoms with E-state index in [4.69, 9.17) is 4.74 Å². The molecule has 1 N–H and O–H groups in total. The van der Waals surface area contributed by atoms with Crippen molar-refractivity contribution >= 4 is 11.7 Å². The number of hydrogen-bond donors (Lipinski definition) is 1. The maximum Gasteiger partial charge on any atom is 0.272 e. The van der Waals surface area contributed by atoms with Gasteiger partial charge in [0.25, 0.3) is 5.91 Å². The third-order valence-corrected chi connectivity index (χ3v) is 6.82. The summed E-state index contributed by atoms with van der Waals surface area (Å²) < 4.78 is 5.87. The Morgan fingerprint density at radius 2 is 2.00 bits per heavy atom. The van der Waals surface area contributed by atoms with Crippen LogP contribution in [0.25, 0.3) is 0 Å². The first kappa shape index (κ1) is 15.7. The van der Waals surface area contributed by atoms with Crippen molar-refractivity contribution in [2.75, 3.05) is 13.2 Å². The minimum absolute atomic E-state index is 0.114. The lowest BCUT2D eigenvalue weighted by Gasteiger charge is -2.41. The molecule has 2 atom stereocenters. The van der Waals surface area contributed by atoms with Gasteiger partial charge < -0.3 is 9.64 Å². The van der Waals surface area contributed by atoms with Gasteiger partial charge in [-0.25, -0.2) is 0 Å². The molecule has 3 heterocycles. The number of carbonyl (C=O) groups is 1. The third-order valence-electron chi connectivity index (χ3n) is 6.82. The second kappa shape index (κ2) is 5.47. The van der Waals surface area contributed by atoms with Crippen LogP contribution in [-0.4, -0.2) is 47.0 Å². The third kappa shape index (κ3) is 2.33. The number of carbonyl (C=O) groups excluding carboxylic acids is 1. The molecule has 1 amide bonds. The molecule has 136 valence electrons. The van der Waals surface area contributed by atoms with Crippen LogP contribution in [0, 0.1) is 11.3 Å². The number of allylic oxidation sites excluding steroid dienone is 2. The normalized spacial score (nSPS) is 34.0. The molecule has 5 rings (SSSR count). The summed E-state index contributed by atoms with van der Waals surface area (Å²) in [5, 5.41) is 4.67. The number of rotatable bonds is 4. The fourth-order valence-electron chi connectivity index (χ4n) is 4.88. The van der Waals surface area contributed by atoms with Crippen molar-refractivity contribution in [3.05, 3.63) is 11.4 Å². The molecule has 5 aliphatic rings. The minimum atomic E-state index is -0.362. The number of amidine groups is 1. The van der Waals surface area contributed by atoms with Crippen LogP contribution in [0.1, 0.15) is 58.8 Å². The Kier molecular flexibility index (Phi) is 3.43. The molecule has 3 fully saturated rings. The number of amides is 1. The number of nitrogens with zero attached hydrogens (tertiary/aromatic N) is 3. The standard InChI is InChI=1S/C19H28N4O2/c1-12-13(2)23-16(17(24)22(12)11-15-5-3-4-10-25-15)20-21-18(23)19(8-9-19)14-6-7-14/h14-16,20H,3-11H2,1-2H3/t15-,16?/m1/s1. The maximum absolute atomic E-state index is 13.2. The zero-order chi connectivity index (χ0) is 17.2. The summed E-state index contributed by atoms with van der Waals surface area (Å²) in [6.07, 6.45) is 8.26. The second-order valence-corrected chi connectivity index (χ2v) is 8.38. The van der Waals surface area contributed by atoms with Crippen molar-refractivity contribution in [1.82, 2.24) is 15.2 Å². The van der Waals surface area contributed by atoms with E-state index in [2.05, 4.69) is 29.3 Å². The first-order valence-corrected chi connectivity index (χ1v) is 9.85. The lowest BCUT2D eigenvalue weighted by Crippen LogP contribution is -2.58. The number of ether oxygens (including phenoxy) is 1. The van der Waals surface area contributed by atoms with Gasteiger partial charge in [-0.3, -0.25) is 15.1 Å². The highest BCUT2D eigenvalue weighted by atomic mass is 16.5. The fourth-order valence-corrected chi connectivity index (χ4v) is 4.88. The van der Waals surface area contributed by atoms with E-state index in [9.17, 15) is 4.79 Å². The van der Waals surface area contributed by atoms with Crippen molar-refractivity contribution in [2.24, 2.45) is 16.4 Å². The predicted octanol–water partition coefficient (Wildman–Crippen LogP) is 2.38. The van der Waals surface area contributed by atoms with Gasteiger partial charge in [-0.1, -0.05) is 0 Å². The van der Waals surface area contributed by atoms with E-state index in [-0.39, 0.29) is 23.6 Å². The van der Waals surface area contributed by atoms with E-state index in [0.717, 1.165) is 42.6 Å². The average Bonchev–Trinajstić information content (AvgIpc) is 3.54. The number of fused-ring (bicyclic) bond motifs is 1. The van der Waals surface area contributed by atoms with Crippen LogP contribution in [-0.2, 0) is 9.53 Å². The Bertz CT molecular complexity index is 656. The minimum Gasteiger partial charge on any atom is -0.376 e. The largest absolute Gasteiger partial charge is 0.376 e. The quantitative estimate of drug-likeness (QED) is 0.851. The highest BCUT2D eigenvalue weighted by Gasteiger charge is 2.62. The highest BCUT2D eigenvalue weighted by Crippen LogP contribution is 2.63. The van der Waals surface area contributed by atoms with Gasteiger partial charge in [0.15, 0.2) is 0 Å². The monoisotopic (exact) mass is 344 g/mol. The summed E-state index contributed by atoms with van der Waals surface area (Å²) in [5.74, 6) is 2.02. The molecular formula is C19H28N4O2. The van der Waals surface area contributed by atoms with Gasteiger partial charge in [0.1, 0.15) is 5.84 Å². The molecule has 2 aliphatic carbocycles. The molecular weight excluding hydrogens is 316 g/mol. The zero-order valence-corrected chi connectivity index (χ0v) is 15.3. The van der Waals surface area contributed by atoms with Crippen molar-refractivity contribution < 1.29 is 9.53 Å². The van der Waals surface area contributed by atoms with Crippen LogP contribution < -0.4 is 5.43 Å². The number of nitrogens with one attached hydrogen (secondary N) is 1. The summed E-state index contributed by atoms with van der Waals surface area (Å²) in [5.41, 5.74) is 5.62. The first-order valence-electron chi connectivity index (χ1n) is 9.85. The Morgan fingerprint density at radius 3 is 2.64 bits per heavy atom. The van der Waals surface area contributed by atoms with Crippen LogP contribution in [0.5, 0.6) is 0 Å². The van der Waals surface area contributed by atoms with E-state index in [1.807, 2.05) is 4.90 Å². The molecule has 6 heteroatoms. The molecule has 0 aromatic heterocycles. The molecule has 1 unspecified atom stereocenters. The molecule has 0 bridgehead atoms. The molecule has 2 saturated carbocycles. The molecule has 0 radical (unpaired) electrons. The summed E-state index contributed by atoms with van der Waals surface area (Å²) in [4.78, 5) is 17.3. The van der Waals surface area contributed by atoms with Crippen LogP contribution in [0.3, 0.4) is 0 Å². The molecule has 1 saturated heterocycles. The Balaban J connectivity index is 1.41. The number of hydrogen-bond acceptors (Lipinski definition) is 5. The Labute approximate surface area is 149 Å². The Hall–Kier alpha value is -1.56. The first-order chi connectivity index (χ1) is 12.1. The van der Waals surface area contributed by atoms with Gasteiger partial charge in [-0.2, -0.15) is 5.10 Å². The Morgan fingerprint density at radius 1 is 1.20 bits per heavy atom. The lowest BCUT2D eigenvalue weighted by atomic mass is 9.96. The van der Waals surface area contributed by atoms with Gasteiger partial charge in [-0.05, 0) is 64.7 Å². The van der Waals surface area contributed by atoms with Gasteiger partial charge >= 0.3 is 0 Å². The van der Waals surface area contributed by atoms with Gasteiger partial charge in [0, 0.05) is 23.4 Å². The smallest absolute Gasteiger partial charge is 0.272 e. The van der Waals surface area contributed by atoms with Crippen LogP contribution in [0.15, 0.2) is 16.5 Å². The van der Waals surface area contributed by atoms with Crippen molar-refractivity contribution in [2.45, 2.75) is 71.1 Å². The molecule has 25 heavy (non-hydrogen) atoms. The highest BCUT2D eigenvalue weighted by molar-refractivity contribution is 5.99. The van der Waals surface area contributed by atoms with Crippen LogP contribution in [0.4, 0.5) is 0 Å². The lowest BCUT2D eigenvalue weighted by molar-refractivity contribution is -0.137. The van der Waals surface area contributed by atoms with Crippen molar-refractivity contribution in [1.29, 1.82) is 0 Å². The average molecular weight is 344 g/mol. The zero-order valence-electron chi connectivity index (χ0n) is 15.3.